The molecule has 2 aliphatic rings. The first-order chi connectivity index (χ1) is 10.6. The first-order valence-corrected chi connectivity index (χ1v) is 9.49. The van der Waals surface area contributed by atoms with Crippen molar-refractivity contribution in [3.63, 3.8) is 0 Å². The number of nitrogens with zero attached hydrogens (tertiary/aromatic N) is 3. The Bertz CT molecular complexity index is 362. The summed E-state index contributed by atoms with van der Waals surface area (Å²) >= 11 is 2.06. The predicted octanol–water partition coefficient (Wildman–Crippen LogP) is 2.12. The van der Waals surface area contributed by atoms with Crippen LogP contribution in [0.25, 0.3) is 0 Å². The number of aliphatic imine (C=N–C) groups is 1. The molecule has 0 amide bonds. The zero-order valence-corrected chi connectivity index (χ0v) is 18.0. The maximum absolute atomic E-state index is 5.38. The van der Waals surface area contributed by atoms with Crippen LogP contribution in [-0.2, 0) is 4.74 Å². The predicted molar refractivity (Wildman–Crippen MR) is 111 cm³/mol. The number of thioether (sulfide) groups is 1. The molecule has 23 heavy (non-hydrogen) atoms. The molecule has 0 spiro atoms. The molecule has 0 radical (unpaired) electrons. The molecule has 0 atom stereocenters. The maximum Gasteiger partial charge on any atom is 0.193 e. The second-order valence-electron chi connectivity index (χ2n) is 6.66. The van der Waals surface area contributed by atoms with Crippen molar-refractivity contribution in [1.29, 1.82) is 0 Å². The van der Waals surface area contributed by atoms with Crippen molar-refractivity contribution in [1.82, 2.24) is 15.1 Å². The van der Waals surface area contributed by atoms with Gasteiger partial charge in [0.05, 0.1) is 13.2 Å². The fourth-order valence-electron chi connectivity index (χ4n) is 3.01. The molecule has 0 aromatic carbocycles. The van der Waals surface area contributed by atoms with Crippen molar-refractivity contribution in [2.24, 2.45) is 4.99 Å². The highest BCUT2D eigenvalue weighted by atomic mass is 127. The van der Waals surface area contributed by atoms with E-state index >= 15 is 0 Å². The third-order valence-electron chi connectivity index (χ3n) is 4.22. The summed E-state index contributed by atoms with van der Waals surface area (Å²) in [7, 11) is 1.89. The number of guanidine groups is 1. The summed E-state index contributed by atoms with van der Waals surface area (Å²) in [5.74, 6) is 2.25. The van der Waals surface area contributed by atoms with Crippen molar-refractivity contribution in [2.45, 2.75) is 31.4 Å². The van der Waals surface area contributed by atoms with Crippen molar-refractivity contribution >= 4 is 41.7 Å². The van der Waals surface area contributed by atoms with Gasteiger partial charge < -0.3 is 15.0 Å². The molecule has 2 saturated heterocycles. The Labute approximate surface area is 163 Å². The van der Waals surface area contributed by atoms with Gasteiger partial charge in [-0.3, -0.25) is 9.89 Å². The zero-order valence-electron chi connectivity index (χ0n) is 14.8. The van der Waals surface area contributed by atoms with Crippen LogP contribution in [0, 0.1) is 0 Å². The van der Waals surface area contributed by atoms with Crippen LogP contribution < -0.4 is 5.32 Å². The monoisotopic (exact) mass is 456 g/mol. The molecule has 0 saturated carbocycles. The Hall–Kier alpha value is 0.270. The summed E-state index contributed by atoms with van der Waals surface area (Å²) in [6.07, 6.45) is 2.44. The first-order valence-electron chi connectivity index (χ1n) is 8.50. The highest BCUT2D eigenvalue weighted by molar-refractivity contribution is 14.0. The third kappa shape index (κ3) is 7.79. The Morgan fingerprint density at radius 2 is 1.96 bits per heavy atom. The number of hydrogen-bond acceptors (Lipinski definition) is 4. The SMILES string of the molecule is CN=C(NCCCCN1CCOCC1)N1CCSC(C)(C)C1.I. The van der Waals surface area contributed by atoms with Gasteiger partial charge in [0.25, 0.3) is 0 Å². The van der Waals surface area contributed by atoms with Gasteiger partial charge >= 0.3 is 0 Å². The van der Waals surface area contributed by atoms with E-state index in [0.29, 0.717) is 4.75 Å². The minimum Gasteiger partial charge on any atom is -0.379 e. The maximum atomic E-state index is 5.38. The van der Waals surface area contributed by atoms with Crippen LogP contribution in [0.5, 0.6) is 0 Å². The van der Waals surface area contributed by atoms with E-state index in [1.54, 1.807) is 0 Å². The molecule has 2 aliphatic heterocycles. The molecule has 2 rings (SSSR count). The third-order valence-corrected chi connectivity index (χ3v) is 5.52. The molecule has 0 unspecified atom stereocenters. The number of halogens is 1. The van der Waals surface area contributed by atoms with E-state index in [1.807, 2.05) is 7.05 Å². The van der Waals surface area contributed by atoms with E-state index in [-0.39, 0.29) is 24.0 Å². The lowest BCUT2D eigenvalue weighted by atomic mass is 10.2. The lowest BCUT2D eigenvalue weighted by Gasteiger charge is -2.39. The summed E-state index contributed by atoms with van der Waals surface area (Å²) in [5, 5.41) is 3.54. The molecule has 2 fully saturated rings. The van der Waals surface area contributed by atoms with Gasteiger partial charge in [-0.2, -0.15) is 11.8 Å². The summed E-state index contributed by atoms with van der Waals surface area (Å²) in [5.41, 5.74) is 0. The second-order valence-corrected chi connectivity index (χ2v) is 8.47. The number of rotatable bonds is 5. The van der Waals surface area contributed by atoms with Crippen LogP contribution in [-0.4, -0.2) is 85.8 Å². The zero-order chi connectivity index (χ0) is 15.8. The molecule has 7 heteroatoms. The Morgan fingerprint density at radius 3 is 2.61 bits per heavy atom. The topological polar surface area (TPSA) is 40.1 Å². The van der Waals surface area contributed by atoms with E-state index < -0.39 is 0 Å². The fourth-order valence-corrected chi connectivity index (χ4v) is 4.13. The molecule has 1 N–H and O–H groups in total. The number of nitrogens with one attached hydrogen (secondary N) is 1. The minimum atomic E-state index is 0. The highest BCUT2D eigenvalue weighted by Crippen LogP contribution is 2.29. The molecule has 2 heterocycles. The summed E-state index contributed by atoms with van der Waals surface area (Å²) in [6.45, 7) is 13.0. The van der Waals surface area contributed by atoms with Gasteiger partial charge in [-0.1, -0.05) is 0 Å². The fraction of sp³-hybridized carbons (Fsp3) is 0.938. The van der Waals surface area contributed by atoms with Crippen LogP contribution in [0.3, 0.4) is 0 Å². The van der Waals surface area contributed by atoms with Gasteiger partial charge in [-0.05, 0) is 33.2 Å². The van der Waals surface area contributed by atoms with E-state index in [9.17, 15) is 0 Å². The van der Waals surface area contributed by atoms with E-state index in [2.05, 4.69) is 45.7 Å². The minimum absolute atomic E-state index is 0. The first kappa shape index (κ1) is 21.3. The van der Waals surface area contributed by atoms with Crippen molar-refractivity contribution in [3.05, 3.63) is 0 Å². The van der Waals surface area contributed by atoms with E-state index in [1.165, 1.54) is 25.1 Å². The van der Waals surface area contributed by atoms with Crippen molar-refractivity contribution in [3.8, 4) is 0 Å². The molecule has 0 bridgehead atoms. The average Bonchev–Trinajstić information content (AvgIpc) is 2.51. The van der Waals surface area contributed by atoms with Crippen LogP contribution in [0.2, 0.25) is 0 Å². The normalized spacial score (nSPS) is 22.6. The molecule has 0 aliphatic carbocycles. The molecule has 5 nitrogen and oxygen atoms in total. The van der Waals surface area contributed by atoms with E-state index in [0.717, 1.165) is 51.9 Å². The Morgan fingerprint density at radius 1 is 1.22 bits per heavy atom. The summed E-state index contributed by atoms with van der Waals surface area (Å²) < 4.78 is 5.71. The highest BCUT2D eigenvalue weighted by Gasteiger charge is 2.28. The molecular weight excluding hydrogens is 423 g/mol. The molecule has 0 aromatic heterocycles. The molecule has 136 valence electrons. The lowest BCUT2D eigenvalue weighted by Crippen LogP contribution is -2.51. The quantitative estimate of drug-likeness (QED) is 0.297. The van der Waals surface area contributed by atoms with Gasteiger partial charge in [-0.25, -0.2) is 0 Å². The number of morpholine rings is 1. The van der Waals surface area contributed by atoms with E-state index in [4.69, 9.17) is 4.74 Å². The number of hydrogen-bond donors (Lipinski definition) is 1. The lowest BCUT2D eigenvalue weighted by molar-refractivity contribution is 0.0372. The van der Waals surface area contributed by atoms with Crippen LogP contribution in [0.1, 0.15) is 26.7 Å². The average molecular weight is 456 g/mol. The largest absolute Gasteiger partial charge is 0.379 e. The van der Waals surface area contributed by atoms with Gasteiger partial charge in [0.2, 0.25) is 0 Å². The smallest absolute Gasteiger partial charge is 0.193 e. The van der Waals surface area contributed by atoms with Gasteiger partial charge in [0.1, 0.15) is 0 Å². The summed E-state index contributed by atoms with van der Waals surface area (Å²) in [6, 6.07) is 0. The van der Waals surface area contributed by atoms with Crippen molar-refractivity contribution < 1.29 is 4.74 Å². The van der Waals surface area contributed by atoms with Gasteiger partial charge in [0, 0.05) is 50.3 Å². The summed E-state index contributed by atoms with van der Waals surface area (Å²) in [4.78, 5) is 9.36. The second kappa shape index (κ2) is 11.0. The van der Waals surface area contributed by atoms with Crippen LogP contribution >= 0.6 is 35.7 Å². The Kier molecular flexibility index (Phi) is 10.2. The molecule has 0 aromatic rings. The Balaban J connectivity index is 0.00000264. The van der Waals surface area contributed by atoms with Crippen LogP contribution in [0.4, 0.5) is 0 Å². The van der Waals surface area contributed by atoms with Crippen molar-refractivity contribution in [2.75, 3.05) is 65.3 Å². The van der Waals surface area contributed by atoms with Gasteiger partial charge in [-0.15, -0.1) is 24.0 Å². The number of unbranched alkanes of at least 4 members (excludes halogenated alkanes) is 1. The van der Waals surface area contributed by atoms with Crippen LogP contribution in [0.15, 0.2) is 4.99 Å². The van der Waals surface area contributed by atoms with Gasteiger partial charge in [0.15, 0.2) is 5.96 Å². The number of ether oxygens (including phenoxy) is 1. The molecular formula is C16H33IN4OS. The standard InChI is InChI=1S/C16H32N4OS.HI/c1-16(2)14-20(10-13-22-16)15(17-3)18-6-4-5-7-19-8-11-21-12-9-19;/h4-14H2,1-3H3,(H,17,18);1H.